The third-order valence-corrected chi connectivity index (χ3v) is 9.15. The fourth-order valence-electron chi connectivity index (χ4n) is 5.51. The minimum absolute atomic E-state index is 0.162. The third kappa shape index (κ3) is 10.5. The van der Waals surface area contributed by atoms with Crippen molar-refractivity contribution in [3.05, 3.63) is 95.6 Å². The van der Waals surface area contributed by atoms with Crippen molar-refractivity contribution in [2.75, 3.05) is 32.4 Å². The van der Waals surface area contributed by atoms with Crippen LogP contribution in [0.2, 0.25) is 0 Å². The number of aliphatic hydroxyl groups is 3. The van der Waals surface area contributed by atoms with Crippen LogP contribution in [0.5, 0.6) is 0 Å². The number of thioether (sulfide) groups is 1. The summed E-state index contributed by atoms with van der Waals surface area (Å²) in [6.45, 7) is 15.5. The summed E-state index contributed by atoms with van der Waals surface area (Å²) < 4.78 is 5.96. The monoisotopic (exact) mass is 653 g/mol. The lowest BCUT2D eigenvalue weighted by atomic mass is 9.91. The molecule has 0 spiro atoms. The predicted octanol–water partition coefficient (Wildman–Crippen LogP) is 3.44. The molecule has 1 fully saturated rings. The second-order valence-electron chi connectivity index (χ2n) is 12.4. The Kier molecular flexibility index (Phi) is 14.5. The van der Waals surface area contributed by atoms with Crippen molar-refractivity contribution < 1.29 is 29.6 Å². The second-order valence-corrected chi connectivity index (χ2v) is 13.4. The Morgan fingerprint density at radius 1 is 1.00 bits per heavy atom. The van der Waals surface area contributed by atoms with Crippen LogP contribution in [0.4, 0.5) is 0 Å². The first-order valence-corrected chi connectivity index (χ1v) is 17.1. The number of hydrogen-bond acceptors (Lipinski definition) is 8. The minimum Gasteiger partial charge on any atom is -0.387 e. The van der Waals surface area contributed by atoms with Crippen LogP contribution in [-0.4, -0.2) is 93.8 Å². The lowest BCUT2D eigenvalue weighted by molar-refractivity contribution is -0.200. The zero-order valence-electron chi connectivity index (χ0n) is 27.6. The van der Waals surface area contributed by atoms with E-state index in [-0.39, 0.29) is 11.8 Å². The van der Waals surface area contributed by atoms with E-state index in [1.165, 1.54) is 11.8 Å². The maximum Gasteiger partial charge on any atom is 0.245 e. The van der Waals surface area contributed by atoms with E-state index in [1.807, 2.05) is 37.3 Å². The first kappa shape index (κ1) is 37.5. The van der Waals surface area contributed by atoms with Crippen LogP contribution in [-0.2, 0) is 27.2 Å². The first-order chi connectivity index (χ1) is 21.9. The van der Waals surface area contributed by atoms with E-state index in [2.05, 4.69) is 53.0 Å². The van der Waals surface area contributed by atoms with Gasteiger partial charge in [0.1, 0.15) is 35.4 Å². The molecule has 9 nitrogen and oxygen atoms in total. The molecule has 1 heterocycles. The van der Waals surface area contributed by atoms with E-state index in [0.29, 0.717) is 45.4 Å². The van der Waals surface area contributed by atoms with E-state index in [4.69, 9.17) is 4.74 Å². The molecular formula is C36H51N3O6S. The second kappa shape index (κ2) is 17.8. The number of benzene rings is 2. The van der Waals surface area contributed by atoms with Gasteiger partial charge >= 0.3 is 0 Å². The van der Waals surface area contributed by atoms with E-state index < -0.39 is 35.4 Å². The minimum atomic E-state index is -1.29. The number of aliphatic hydroxyl groups excluding tert-OH is 3. The number of amides is 2. The van der Waals surface area contributed by atoms with Crippen LogP contribution < -0.4 is 10.6 Å². The van der Waals surface area contributed by atoms with E-state index in [1.54, 1.807) is 20.1 Å². The highest BCUT2D eigenvalue weighted by atomic mass is 32.2. The number of nitrogens with zero attached hydrogens (tertiary/aromatic N) is 1. The van der Waals surface area contributed by atoms with Gasteiger partial charge in [0.15, 0.2) is 0 Å². The quantitative estimate of drug-likeness (QED) is 0.164. The van der Waals surface area contributed by atoms with Crippen LogP contribution in [0.25, 0.3) is 0 Å². The molecule has 5 atom stereocenters. The number of ether oxygens (including phenoxy) is 1. The molecule has 0 bridgehead atoms. The Bertz CT molecular complexity index is 1310. The van der Waals surface area contributed by atoms with Gasteiger partial charge in [0.25, 0.3) is 0 Å². The van der Waals surface area contributed by atoms with Gasteiger partial charge in [-0.1, -0.05) is 54.6 Å². The van der Waals surface area contributed by atoms with Crippen LogP contribution in [0, 0.1) is 6.92 Å². The van der Waals surface area contributed by atoms with Crippen LogP contribution in [0.3, 0.4) is 0 Å². The number of carbonyl (C=O) groups excluding carboxylic acids is 2. The molecule has 1 saturated heterocycles. The molecule has 3 rings (SSSR count). The molecule has 0 radical (unpaired) electrons. The molecule has 0 saturated carbocycles. The average molecular weight is 654 g/mol. The summed E-state index contributed by atoms with van der Waals surface area (Å²) in [5, 5.41) is 37.0. The largest absolute Gasteiger partial charge is 0.387 e. The topological polar surface area (TPSA) is 131 Å². The number of rotatable bonds is 17. The van der Waals surface area contributed by atoms with Gasteiger partial charge in [0.05, 0.1) is 0 Å². The van der Waals surface area contributed by atoms with Crippen molar-refractivity contribution >= 4 is 23.6 Å². The number of carbonyl (C=O) groups is 2. The molecule has 2 amide bonds. The van der Waals surface area contributed by atoms with Gasteiger partial charge in [-0.2, -0.15) is 0 Å². The highest BCUT2D eigenvalue weighted by Crippen LogP contribution is 2.36. The van der Waals surface area contributed by atoms with Crippen LogP contribution in [0.1, 0.15) is 60.6 Å². The molecule has 0 aromatic heterocycles. The highest BCUT2D eigenvalue weighted by Gasteiger charge is 2.44. The van der Waals surface area contributed by atoms with Crippen molar-refractivity contribution in [3.63, 3.8) is 0 Å². The van der Waals surface area contributed by atoms with Gasteiger partial charge in [0.2, 0.25) is 11.8 Å². The predicted molar refractivity (Wildman–Crippen MR) is 185 cm³/mol. The van der Waals surface area contributed by atoms with E-state index in [0.717, 1.165) is 34.2 Å². The first-order valence-electron chi connectivity index (χ1n) is 15.8. The molecule has 46 heavy (non-hydrogen) atoms. The van der Waals surface area contributed by atoms with Gasteiger partial charge in [0, 0.05) is 32.6 Å². The van der Waals surface area contributed by atoms with Gasteiger partial charge in [-0.3, -0.25) is 14.5 Å². The lowest BCUT2D eigenvalue weighted by Gasteiger charge is -2.40. The Labute approximate surface area is 278 Å². The summed E-state index contributed by atoms with van der Waals surface area (Å²) >= 11 is 1.30. The molecule has 1 aliphatic rings. The average Bonchev–Trinajstić information content (AvgIpc) is 3.02. The number of hydrogen-bond donors (Lipinski definition) is 5. The standard InChI is InChI=1S/C36H51N3O6S/c1-7-19-39(20-8-2)21-18-37-35(44)36(4,5)38-29(40)11-9-10-25-13-15-26(16-14-25)22-28-23-27(17-12-24(28)3)33-31(42)30(41)32(43)34(45-33)46-6/h7-8,12-17,23,30-34,41-43H,1-2,9-11,18-22H2,3-6H3,(H,37,44)(H,38,40)/t30-,31-,32+,33+,34-/m1/s1. The molecule has 2 aromatic rings. The Morgan fingerprint density at radius 3 is 2.28 bits per heavy atom. The van der Waals surface area contributed by atoms with Crippen molar-refractivity contribution in [1.82, 2.24) is 15.5 Å². The summed E-state index contributed by atoms with van der Waals surface area (Å²) in [4.78, 5) is 27.5. The van der Waals surface area contributed by atoms with Gasteiger partial charge < -0.3 is 30.7 Å². The zero-order valence-corrected chi connectivity index (χ0v) is 28.4. The smallest absolute Gasteiger partial charge is 0.245 e. The Balaban J connectivity index is 1.48. The molecule has 1 aliphatic heterocycles. The molecule has 0 unspecified atom stereocenters. The maximum atomic E-state index is 12.7. The highest BCUT2D eigenvalue weighted by molar-refractivity contribution is 7.99. The van der Waals surface area contributed by atoms with Gasteiger partial charge in [-0.05, 0) is 74.1 Å². The van der Waals surface area contributed by atoms with Crippen LogP contribution >= 0.6 is 11.8 Å². The molecule has 0 aliphatic carbocycles. The third-order valence-electron chi connectivity index (χ3n) is 8.30. The molecule has 10 heteroatoms. The summed E-state index contributed by atoms with van der Waals surface area (Å²) in [6, 6.07) is 14.2. The molecular weight excluding hydrogens is 602 g/mol. The fourth-order valence-corrected chi connectivity index (χ4v) is 6.18. The Hall–Kier alpha value is -2.99. The number of aryl methyl sites for hydroxylation is 2. The van der Waals surface area contributed by atoms with Crippen molar-refractivity contribution in [2.24, 2.45) is 0 Å². The van der Waals surface area contributed by atoms with E-state index >= 15 is 0 Å². The van der Waals surface area contributed by atoms with Gasteiger partial charge in [-0.15, -0.1) is 24.9 Å². The summed E-state index contributed by atoms with van der Waals surface area (Å²) in [7, 11) is 0. The maximum absolute atomic E-state index is 12.7. The lowest BCUT2D eigenvalue weighted by Crippen LogP contribution is -2.55. The summed E-state index contributed by atoms with van der Waals surface area (Å²) in [6.07, 6.45) is 3.39. The van der Waals surface area contributed by atoms with Crippen LogP contribution in [0.15, 0.2) is 67.8 Å². The molecule has 2 aromatic carbocycles. The van der Waals surface area contributed by atoms with Crippen molar-refractivity contribution in [1.29, 1.82) is 0 Å². The summed E-state index contributed by atoms with van der Waals surface area (Å²) in [5.41, 5.74) is 3.53. The van der Waals surface area contributed by atoms with Gasteiger partial charge in [-0.25, -0.2) is 0 Å². The molecule has 252 valence electrons. The SMILES string of the molecule is C=CCN(CC=C)CCNC(=O)C(C)(C)NC(=O)CCCc1ccc(Cc2cc([C@@H]3O[C@H](SC)[C@@H](O)[C@H](O)[C@H]3O)ccc2C)cc1. The Morgan fingerprint density at radius 2 is 1.65 bits per heavy atom. The fraction of sp³-hybridized carbons (Fsp3) is 0.500. The van der Waals surface area contributed by atoms with Crippen molar-refractivity contribution in [3.8, 4) is 0 Å². The normalized spacial score (nSPS) is 21.5. The van der Waals surface area contributed by atoms with Crippen molar-refractivity contribution in [2.45, 2.75) is 81.8 Å². The zero-order chi connectivity index (χ0) is 33.9. The molecule has 5 N–H and O–H groups in total. The number of nitrogens with one attached hydrogen (secondary N) is 2. The summed E-state index contributed by atoms with van der Waals surface area (Å²) in [5.74, 6) is -0.387. The van der Waals surface area contributed by atoms with E-state index in [9.17, 15) is 24.9 Å².